The topological polar surface area (TPSA) is 114 Å². The Bertz CT molecular complexity index is 1360. The number of carbonyl (C=O) groups excluding carboxylic acids is 1. The maximum absolute atomic E-state index is 13.6. The highest BCUT2D eigenvalue weighted by Crippen LogP contribution is 2.53. The molecule has 3 aromatic carbocycles. The smallest absolute Gasteiger partial charge is 0.508 e. The number of aromatic hydroxyl groups is 1. The van der Waals surface area contributed by atoms with Crippen molar-refractivity contribution in [2.75, 3.05) is 5.32 Å². The summed E-state index contributed by atoms with van der Waals surface area (Å²) in [4.78, 5) is 25.7. The number of hydrogen-bond acceptors (Lipinski definition) is 6. The van der Waals surface area contributed by atoms with Crippen molar-refractivity contribution in [1.82, 2.24) is 5.32 Å². The van der Waals surface area contributed by atoms with Crippen LogP contribution in [0.1, 0.15) is 28.2 Å². The van der Waals surface area contributed by atoms with Gasteiger partial charge >= 0.3 is 6.36 Å². The van der Waals surface area contributed by atoms with E-state index in [1.807, 2.05) is 6.92 Å². The molecule has 3 N–H and O–H groups in total. The number of alkyl halides is 3. The molecule has 8 nitrogen and oxygen atoms in total. The maximum atomic E-state index is 13.6. The lowest BCUT2D eigenvalue weighted by Gasteiger charge is -2.30. The Hall–Kier alpha value is -4.12. The number of nitro groups is 1. The Labute approximate surface area is 209 Å². The second-order valence-electron chi connectivity index (χ2n) is 9.30. The van der Waals surface area contributed by atoms with Gasteiger partial charge in [-0.3, -0.25) is 20.2 Å². The maximum Gasteiger partial charge on any atom is 0.573 e. The second kappa shape index (κ2) is 8.77. The highest BCUT2D eigenvalue weighted by Gasteiger charge is 2.66. The van der Waals surface area contributed by atoms with Gasteiger partial charge in [0.15, 0.2) is 0 Å². The van der Waals surface area contributed by atoms with Crippen molar-refractivity contribution in [2.45, 2.75) is 43.2 Å². The third-order valence-electron chi connectivity index (χ3n) is 6.96. The van der Waals surface area contributed by atoms with Crippen LogP contribution >= 0.6 is 0 Å². The largest absolute Gasteiger partial charge is 0.573 e. The van der Waals surface area contributed by atoms with Crippen LogP contribution < -0.4 is 15.4 Å². The fraction of sp³-hybridized carbons (Fsp3) is 0.269. The lowest BCUT2D eigenvalue weighted by molar-refractivity contribution is -0.526. The van der Waals surface area contributed by atoms with Gasteiger partial charge in [-0.05, 0) is 54.8 Å². The molecule has 1 spiro atoms. The van der Waals surface area contributed by atoms with Gasteiger partial charge in [0.05, 0.1) is 12.0 Å². The predicted molar refractivity (Wildman–Crippen MR) is 127 cm³/mol. The van der Waals surface area contributed by atoms with E-state index in [-0.39, 0.29) is 23.4 Å². The normalized spacial score (nSPS) is 24.6. The number of anilines is 1. The molecule has 192 valence electrons. The number of halogens is 3. The first kappa shape index (κ1) is 24.6. The number of aryl methyl sites for hydroxylation is 1. The Kier molecular flexibility index (Phi) is 5.82. The van der Waals surface area contributed by atoms with E-state index < -0.39 is 46.5 Å². The average molecular weight is 513 g/mol. The van der Waals surface area contributed by atoms with Crippen LogP contribution in [0.15, 0.2) is 66.7 Å². The molecule has 1 amide bonds. The molecule has 37 heavy (non-hydrogen) atoms. The lowest BCUT2D eigenvalue weighted by Crippen LogP contribution is -2.49. The minimum Gasteiger partial charge on any atom is -0.508 e. The van der Waals surface area contributed by atoms with Crippen LogP contribution in [0.3, 0.4) is 0 Å². The molecule has 0 aliphatic carbocycles. The van der Waals surface area contributed by atoms with Crippen molar-refractivity contribution in [1.29, 1.82) is 0 Å². The first-order chi connectivity index (χ1) is 17.5. The van der Waals surface area contributed by atoms with Gasteiger partial charge in [-0.1, -0.05) is 42.0 Å². The van der Waals surface area contributed by atoms with Crippen LogP contribution in [0.25, 0.3) is 0 Å². The quantitative estimate of drug-likeness (QED) is 0.345. The third kappa shape index (κ3) is 4.35. The molecule has 4 unspecified atom stereocenters. The first-order valence-electron chi connectivity index (χ1n) is 11.5. The summed E-state index contributed by atoms with van der Waals surface area (Å²) in [5, 5.41) is 28.0. The van der Waals surface area contributed by atoms with Gasteiger partial charge in [0.2, 0.25) is 11.9 Å². The zero-order valence-electron chi connectivity index (χ0n) is 19.5. The number of carbonyl (C=O) groups is 1. The molecule has 1 saturated heterocycles. The van der Waals surface area contributed by atoms with E-state index >= 15 is 0 Å². The summed E-state index contributed by atoms with van der Waals surface area (Å²) in [6, 6.07) is 14.4. The van der Waals surface area contributed by atoms with Crippen LogP contribution in [0.4, 0.5) is 18.9 Å². The van der Waals surface area contributed by atoms with Crippen LogP contribution in [-0.2, 0) is 16.8 Å². The summed E-state index contributed by atoms with van der Waals surface area (Å²) in [6.45, 7) is 1.85. The number of nitrogens with one attached hydrogen (secondary N) is 2. The summed E-state index contributed by atoms with van der Waals surface area (Å²) >= 11 is 0. The molecule has 3 aromatic rings. The number of hydrogen-bond donors (Lipinski definition) is 3. The molecule has 11 heteroatoms. The Morgan fingerprint density at radius 1 is 1.08 bits per heavy atom. The van der Waals surface area contributed by atoms with Crippen molar-refractivity contribution in [3.8, 4) is 11.5 Å². The summed E-state index contributed by atoms with van der Waals surface area (Å²) in [6.07, 6.45) is -4.82. The molecule has 0 bridgehead atoms. The predicted octanol–water partition coefficient (Wildman–Crippen LogP) is 4.39. The second-order valence-corrected chi connectivity index (χ2v) is 9.30. The van der Waals surface area contributed by atoms with Gasteiger partial charge in [-0.25, -0.2) is 0 Å². The van der Waals surface area contributed by atoms with E-state index in [2.05, 4.69) is 15.4 Å². The Morgan fingerprint density at radius 2 is 1.76 bits per heavy atom. The Morgan fingerprint density at radius 3 is 2.38 bits per heavy atom. The fourth-order valence-corrected chi connectivity index (χ4v) is 5.45. The van der Waals surface area contributed by atoms with Crippen LogP contribution in [0, 0.1) is 17.0 Å². The standard InChI is InChI=1S/C26H22F3N3O5/c1-14-2-6-16(7-3-14)22-23(32(35)36)21(12-15-4-8-17(33)9-5-15)31-25(22)19-13-18(37-26(27,28)29)10-11-20(19)30-24(25)34/h2-11,13,21-23,31,33H,12H2,1H3,(H,30,34). The van der Waals surface area contributed by atoms with E-state index in [1.165, 1.54) is 18.2 Å². The van der Waals surface area contributed by atoms with Crippen molar-refractivity contribution >= 4 is 11.6 Å². The molecular formula is C26H22F3N3O5. The number of ether oxygens (including phenoxy) is 1. The van der Waals surface area contributed by atoms with Crippen LogP contribution in [-0.4, -0.2) is 34.4 Å². The number of phenols is 1. The molecule has 0 radical (unpaired) electrons. The van der Waals surface area contributed by atoms with Gasteiger partial charge in [0.25, 0.3) is 0 Å². The van der Waals surface area contributed by atoms with Crippen molar-refractivity contribution in [3.63, 3.8) is 0 Å². The molecular weight excluding hydrogens is 491 g/mol. The Balaban J connectivity index is 1.68. The monoisotopic (exact) mass is 513 g/mol. The summed E-state index contributed by atoms with van der Waals surface area (Å²) in [5.41, 5.74) is 0.739. The zero-order valence-corrected chi connectivity index (χ0v) is 19.5. The number of benzene rings is 3. The van der Waals surface area contributed by atoms with Crippen molar-refractivity contribution in [3.05, 3.63) is 99.1 Å². The molecule has 2 aliphatic rings. The molecule has 0 aromatic heterocycles. The van der Waals surface area contributed by atoms with E-state index in [0.717, 1.165) is 17.7 Å². The van der Waals surface area contributed by atoms with Gasteiger partial charge < -0.3 is 15.2 Å². The van der Waals surface area contributed by atoms with Gasteiger partial charge in [0, 0.05) is 16.2 Å². The average Bonchev–Trinajstić information content (AvgIpc) is 3.30. The molecule has 2 aliphatic heterocycles. The highest BCUT2D eigenvalue weighted by molar-refractivity contribution is 6.07. The van der Waals surface area contributed by atoms with Gasteiger partial charge in [-0.2, -0.15) is 0 Å². The highest BCUT2D eigenvalue weighted by atomic mass is 19.4. The third-order valence-corrected chi connectivity index (χ3v) is 6.96. The number of rotatable bonds is 5. The summed E-state index contributed by atoms with van der Waals surface area (Å²) in [5.74, 6) is -2.15. The summed E-state index contributed by atoms with van der Waals surface area (Å²) < 4.78 is 43.1. The lowest BCUT2D eigenvalue weighted by atomic mass is 9.74. The minimum atomic E-state index is -4.96. The van der Waals surface area contributed by atoms with Gasteiger partial charge in [-0.15, -0.1) is 13.2 Å². The van der Waals surface area contributed by atoms with Crippen molar-refractivity contribution < 1.29 is 32.7 Å². The minimum absolute atomic E-state index is 0.0317. The SMILES string of the molecule is Cc1ccc(C2C([N+](=O)[O-])C(Cc3ccc(O)cc3)NC23C(=O)Nc2ccc(OC(F)(F)F)cc23)cc1. The summed E-state index contributed by atoms with van der Waals surface area (Å²) in [7, 11) is 0. The first-order valence-corrected chi connectivity index (χ1v) is 11.5. The van der Waals surface area contributed by atoms with Crippen LogP contribution in [0.2, 0.25) is 0 Å². The fourth-order valence-electron chi connectivity index (χ4n) is 5.45. The zero-order chi connectivity index (χ0) is 26.5. The molecule has 0 saturated carbocycles. The molecule has 2 heterocycles. The number of amides is 1. The van der Waals surface area contributed by atoms with E-state index in [1.54, 1.807) is 36.4 Å². The van der Waals surface area contributed by atoms with E-state index in [0.29, 0.717) is 11.1 Å². The van der Waals surface area contributed by atoms with Crippen LogP contribution in [0.5, 0.6) is 11.5 Å². The van der Waals surface area contributed by atoms with Gasteiger partial charge in [0.1, 0.15) is 17.0 Å². The number of phenolic OH excluding ortho intramolecular Hbond substituents is 1. The number of fused-ring (bicyclic) bond motifs is 2. The van der Waals surface area contributed by atoms with E-state index in [9.17, 15) is 33.2 Å². The molecule has 1 fully saturated rings. The number of nitrogens with zero attached hydrogens (tertiary/aromatic N) is 1. The molecule has 5 rings (SSSR count). The van der Waals surface area contributed by atoms with Crippen molar-refractivity contribution in [2.24, 2.45) is 0 Å². The molecule has 4 atom stereocenters. The van der Waals surface area contributed by atoms with E-state index in [4.69, 9.17) is 0 Å².